The third kappa shape index (κ3) is 7.35. The zero-order valence-corrected chi connectivity index (χ0v) is 36.5. The number of esters is 1. The van der Waals surface area contributed by atoms with Gasteiger partial charge in [-0.05, 0) is 99.6 Å². The molecule has 0 radical (unpaired) electrons. The van der Waals surface area contributed by atoms with E-state index in [1.807, 2.05) is 12.3 Å². The smallest absolute Gasteiger partial charge is 0.324 e. The van der Waals surface area contributed by atoms with Gasteiger partial charge in [0.1, 0.15) is 17.1 Å². The van der Waals surface area contributed by atoms with Crippen molar-refractivity contribution in [3.8, 4) is 28.6 Å². The van der Waals surface area contributed by atoms with Crippen LogP contribution in [0.3, 0.4) is 0 Å². The lowest BCUT2D eigenvalue weighted by molar-refractivity contribution is -0.156. The SMILES string of the molecule is C[C@@H]1C(C(=O)N[C@@H]2C(=O)N3CCC[C@H](N3)C(=O)OCC(C)(C)Cc3c(-c4cccnc4)n([C@H]4CC[C@H](C#N)C4)c4ccc(cc34)-c3csc(n3)[C@H]2N2CC3(CCCN3)C2)[C@@H]1C. The van der Waals surface area contributed by atoms with Crippen LogP contribution in [0.4, 0.5) is 0 Å². The fourth-order valence-electron chi connectivity index (χ4n) is 11.2. The highest BCUT2D eigenvalue weighted by Crippen LogP contribution is 2.48. The Bertz CT molecular complexity index is 2380. The normalized spacial score (nSPS) is 31.0. The van der Waals surface area contributed by atoms with Crippen LogP contribution in [0.15, 0.2) is 48.1 Å². The Balaban J connectivity index is 1.13. The molecule has 4 aliphatic heterocycles. The zero-order valence-electron chi connectivity index (χ0n) is 35.7. The average molecular weight is 844 g/mol. The molecule has 8 atom stereocenters. The molecule has 6 aliphatic rings. The zero-order chi connectivity index (χ0) is 42.2. The van der Waals surface area contributed by atoms with E-state index in [9.17, 15) is 14.9 Å². The number of nitriles is 1. The number of hydrogen-bond donors (Lipinski definition) is 3. The van der Waals surface area contributed by atoms with Gasteiger partial charge in [-0.1, -0.05) is 33.8 Å². The molecule has 2 saturated carbocycles. The number of carbonyl (C=O) groups is 3. The van der Waals surface area contributed by atoms with Crippen molar-refractivity contribution in [1.29, 1.82) is 5.26 Å². The Kier molecular flexibility index (Phi) is 10.3. The third-order valence-electron chi connectivity index (χ3n) is 14.8. The highest BCUT2D eigenvalue weighted by Gasteiger charge is 2.54. The van der Waals surface area contributed by atoms with Crippen LogP contribution in [-0.4, -0.2) is 92.6 Å². The van der Waals surface area contributed by atoms with Crippen LogP contribution in [0.1, 0.15) is 95.3 Å². The molecule has 61 heavy (non-hydrogen) atoms. The number of fused-ring (bicyclic) bond motifs is 6. The fraction of sp³-hybridized carbons (Fsp3) is 0.574. The summed E-state index contributed by atoms with van der Waals surface area (Å²) in [6.07, 6.45) is 10.2. The van der Waals surface area contributed by atoms with E-state index in [0.29, 0.717) is 25.8 Å². The number of carbonyl (C=O) groups excluding carboxylic acids is 3. The maximum Gasteiger partial charge on any atom is 0.324 e. The minimum atomic E-state index is -0.931. The topological polar surface area (TPSA) is 158 Å². The molecule has 7 heterocycles. The number of nitrogens with one attached hydrogen (secondary N) is 3. The van der Waals surface area contributed by atoms with Crippen molar-refractivity contribution in [3.63, 3.8) is 0 Å². The van der Waals surface area contributed by atoms with Crippen LogP contribution in [0.2, 0.25) is 0 Å². The highest BCUT2D eigenvalue weighted by molar-refractivity contribution is 7.10. The van der Waals surface area contributed by atoms with E-state index < -0.39 is 29.5 Å². The molecule has 14 heteroatoms. The van der Waals surface area contributed by atoms with Gasteiger partial charge in [0, 0.05) is 88.3 Å². The van der Waals surface area contributed by atoms with Crippen molar-refractivity contribution in [1.82, 2.24) is 40.5 Å². The minimum absolute atomic E-state index is 0.00147. The largest absolute Gasteiger partial charge is 0.464 e. The molecule has 2 aliphatic carbocycles. The first-order valence-corrected chi connectivity index (χ1v) is 23.3. The third-order valence-corrected chi connectivity index (χ3v) is 15.7. The first-order valence-electron chi connectivity index (χ1n) is 22.4. The van der Waals surface area contributed by atoms with Crippen molar-refractivity contribution >= 4 is 40.0 Å². The number of thiazole rings is 1. The van der Waals surface area contributed by atoms with Crippen molar-refractivity contribution in [3.05, 3.63) is 58.7 Å². The summed E-state index contributed by atoms with van der Waals surface area (Å²) in [4.78, 5) is 55.4. The van der Waals surface area contributed by atoms with Gasteiger partial charge < -0.3 is 19.9 Å². The molecule has 320 valence electrons. The van der Waals surface area contributed by atoms with Crippen LogP contribution in [0, 0.1) is 40.4 Å². The van der Waals surface area contributed by atoms with Gasteiger partial charge in [0.25, 0.3) is 5.91 Å². The van der Waals surface area contributed by atoms with Crippen molar-refractivity contribution in [2.24, 2.45) is 29.1 Å². The number of pyridine rings is 1. The second-order valence-electron chi connectivity index (χ2n) is 19.7. The first kappa shape index (κ1) is 40.4. The molecule has 1 spiro atoms. The number of benzene rings is 1. The number of likely N-dealkylation sites (tertiary alicyclic amines) is 1. The molecule has 1 aromatic carbocycles. The first-order chi connectivity index (χ1) is 29.4. The van der Waals surface area contributed by atoms with Gasteiger partial charge in [0.05, 0.1) is 30.1 Å². The molecule has 1 unspecified atom stereocenters. The fourth-order valence-corrected chi connectivity index (χ4v) is 12.2. The second-order valence-corrected chi connectivity index (χ2v) is 20.6. The molecule has 13 nitrogen and oxygen atoms in total. The van der Waals surface area contributed by atoms with Crippen LogP contribution < -0.4 is 16.1 Å². The van der Waals surface area contributed by atoms with Crippen molar-refractivity contribution < 1.29 is 19.1 Å². The summed E-state index contributed by atoms with van der Waals surface area (Å²) in [6, 6.07) is 11.2. The molecular formula is C47H57N9O4S. The number of rotatable bonds is 5. The summed E-state index contributed by atoms with van der Waals surface area (Å²) in [5.41, 5.74) is 8.90. The summed E-state index contributed by atoms with van der Waals surface area (Å²) in [5.74, 6) is -0.456. The lowest BCUT2D eigenvalue weighted by atomic mass is 9.84. The molecule has 10 rings (SSSR count). The predicted octanol–water partition coefficient (Wildman–Crippen LogP) is 6.18. The van der Waals surface area contributed by atoms with Gasteiger partial charge in [-0.3, -0.25) is 29.3 Å². The number of cyclic esters (lactones) is 1. The van der Waals surface area contributed by atoms with E-state index in [4.69, 9.17) is 9.72 Å². The molecular weight excluding hydrogens is 787 g/mol. The molecule has 3 N–H and O–H groups in total. The highest BCUT2D eigenvalue weighted by atomic mass is 32.1. The summed E-state index contributed by atoms with van der Waals surface area (Å²) in [5, 5.41) is 22.5. The number of aromatic nitrogens is 3. The summed E-state index contributed by atoms with van der Waals surface area (Å²) in [6.45, 7) is 11.5. The molecule has 6 bridgehead atoms. The monoisotopic (exact) mass is 843 g/mol. The van der Waals surface area contributed by atoms with E-state index in [0.717, 1.165) is 95.7 Å². The summed E-state index contributed by atoms with van der Waals surface area (Å²) in [7, 11) is 0. The predicted molar refractivity (Wildman–Crippen MR) is 233 cm³/mol. The maximum absolute atomic E-state index is 15.0. The number of nitrogens with zero attached hydrogens (tertiary/aromatic N) is 6. The van der Waals surface area contributed by atoms with Crippen LogP contribution in [0.5, 0.6) is 0 Å². The standard InChI is InChI=1S/C47H57N9O4S/c1-27-28(2)38(27)42(57)52-39-41(54-24-47(25-54)14-7-16-50-47)43-51-36(23-61-43)30-11-13-37-33(19-30)34(20-46(3,4)26-60-45(59)35-9-6-17-55(53-35)44(39)58)40(31-8-5-15-49-22-31)56(37)32-12-10-29(18-32)21-48/h5,8,11,13,15,19,22-23,27-29,32,35,38-39,41,50,53H,6-7,9-10,12,14,16-18,20,24-26H2,1-4H3,(H,52,57)/t27-,28+,29-,32-,35-,38?,39-,41-/m0/s1. The Morgan fingerprint density at radius 1 is 1.08 bits per heavy atom. The number of amides is 2. The number of hydrazine groups is 1. The number of hydrogen-bond acceptors (Lipinski definition) is 11. The lowest BCUT2D eigenvalue weighted by Gasteiger charge is -2.53. The minimum Gasteiger partial charge on any atom is -0.464 e. The van der Waals surface area contributed by atoms with E-state index in [1.165, 1.54) is 11.3 Å². The molecule has 5 fully saturated rings. The number of ether oxygens (including phenoxy) is 1. The summed E-state index contributed by atoms with van der Waals surface area (Å²) < 4.78 is 8.63. The molecule has 3 saturated heterocycles. The van der Waals surface area contributed by atoms with E-state index in [2.05, 4.69) is 93.9 Å². The Labute approximate surface area is 361 Å². The Hall–Kier alpha value is -4.68. The van der Waals surface area contributed by atoms with Crippen molar-refractivity contribution in [2.45, 2.75) is 109 Å². The maximum atomic E-state index is 15.0. The van der Waals surface area contributed by atoms with E-state index >= 15 is 4.79 Å². The molecule has 2 amide bonds. The lowest BCUT2D eigenvalue weighted by Crippen LogP contribution is -2.70. The van der Waals surface area contributed by atoms with Crippen molar-refractivity contribution in [2.75, 3.05) is 32.8 Å². The Morgan fingerprint density at radius 3 is 2.64 bits per heavy atom. The van der Waals surface area contributed by atoms with Crippen LogP contribution in [0.25, 0.3) is 33.4 Å². The van der Waals surface area contributed by atoms with Gasteiger partial charge in [-0.25, -0.2) is 10.4 Å². The van der Waals surface area contributed by atoms with Gasteiger partial charge in [0.15, 0.2) is 0 Å². The Morgan fingerprint density at radius 2 is 1.92 bits per heavy atom. The second kappa shape index (κ2) is 15.6. The van der Waals surface area contributed by atoms with E-state index in [-0.39, 0.29) is 53.7 Å². The van der Waals surface area contributed by atoms with Gasteiger partial charge in [-0.15, -0.1) is 11.3 Å². The molecule has 3 aromatic heterocycles. The average Bonchev–Trinajstić information content (AvgIpc) is 3.91. The quantitative estimate of drug-likeness (QED) is 0.198. The van der Waals surface area contributed by atoms with Gasteiger partial charge in [-0.2, -0.15) is 5.26 Å². The summed E-state index contributed by atoms with van der Waals surface area (Å²) >= 11 is 1.54. The van der Waals surface area contributed by atoms with Gasteiger partial charge >= 0.3 is 5.97 Å². The van der Waals surface area contributed by atoms with E-state index in [1.54, 1.807) is 11.2 Å². The van der Waals surface area contributed by atoms with Gasteiger partial charge in [0.2, 0.25) is 5.91 Å². The van der Waals surface area contributed by atoms with Crippen LogP contribution >= 0.6 is 11.3 Å². The van der Waals surface area contributed by atoms with Crippen LogP contribution in [-0.2, 0) is 25.5 Å². The molecule has 4 aromatic rings.